The molecule has 5 heteroatoms. The number of thiazole rings is 1. The number of aromatic nitrogens is 1. The van der Waals surface area contributed by atoms with Crippen LogP contribution >= 0.6 is 11.3 Å². The molecule has 3 rings (SSSR count). The van der Waals surface area contributed by atoms with Gasteiger partial charge in [0.1, 0.15) is 5.01 Å². The smallest absolute Gasteiger partial charge is 0.227 e. The van der Waals surface area contributed by atoms with Crippen molar-refractivity contribution in [2.75, 3.05) is 25.0 Å². The minimum absolute atomic E-state index is 0.0600. The summed E-state index contributed by atoms with van der Waals surface area (Å²) in [6.07, 6.45) is 7.06. The number of rotatable bonds is 4. The Morgan fingerprint density at radius 2 is 2.25 bits per heavy atom. The molecule has 0 aliphatic carbocycles. The third-order valence-corrected chi connectivity index (χ3v) is 5.28. The Bertz CT molecular complexity index is 754. The van der Waals surface area contributed by atoms with Crippen LogP contribution in [0, 0.1) is 25.2 Å². The lowest BCUT2D eigenvalue weighted by Gasteiger charge is -2.29. The Kier molecular flexibility index (Phi) is 5.29. The predicted molar refractivity (Wildman–Crippen MR) is 98.9 cm³/mol. The maximum atomic E-state index is 12.5. The Balaban J connectivity index is 1.62. The standard InChI is InChI=1S/C19H21N3OS/c1-3-9-22-10-7-15(8-11-22)18(23)21-17-6-4-5-16(12-17)19-20-14(2)13-24-19/h1,4-6,12-13,15H,7-11H2,2H3,(H,21,23). The molecule has 1 saturated heterocycles. The van der Waals surface area contributed by atoms with Gasteiger partial charge in [-0.2, -0.15) is 0 Å². The van der Waals surface area contributed by atoms with E-state index < -0.39 is 0 Å². The summed E-state index contributed by atoms with van der Waals surface area (Å²) in [5.41, 5.74) is 2.88. The van der Waals surface area contributed by atoms with Crippen molar-refractivity contribution in [3.05, 3.63) is 35.3 Å². The van der Waals surface area contributed by atoms with Gasteiger partial charge in [-0.25, -0.2) is 4.98 Å². The van der Waals surface area contributed by atoms with Crippen LogP contribution in [0.5, 0.6) is 0 Å². The molecule has 1 N–H and O–H groups in total. The average molecular weight is 339 g/mol. The number of piperidine rings is 1. The van der Waals surface area contributed by atoms with Crippen molar-refractivity contribution in [2.45, 2.75) is 19.8 Å². The first kappa shape index (κ1) is 16.7. The van der Waals surface area contributed by atoms with Crippen LogP contribution < -0.4 is 5.32 Å². The minimum Gasteiger partial charge on any atom is -0.326 e. The Morgan fingerprint density at radius 3 is 2.92 bits per heavy atom. The lowest BCUT2D eigenvalue weighted by atomic mass is 9.96. The molecule has 4 nitrogen and oxygen atoms in total. The van der Waals surface area contributed by atoms with Crippen LogP contribution in [0.1, 0.15) is 18.5 Å². The normalized spacial score (nSPS) is 15.8. The van der Waals surface area contributed by atoms with Gasteiger partial charge in [-0.15, -0.1) is 17.8 Å². The Morgan fingerprint density at radius 1 is 1.46 bits per heavy atom. The first-order valence-corrected chi connectivity index (χ1v) is 9.03. The lowest BCUT2D eigenvalue weighted by molar-refractivity contribution is -0.121. The quantitative estimate of drug-likeness (QED) is 0.869. The highest BCUT2D eigenvalue weighted by Crippen LogP contribution is 2.26. The Hall–Kier alpha value is -2.16. The zero-order chi connectivity index (χ0) is 16.9. The van der Waals surface area contributed by atoms with E-state index in [0.717, 1.165) is 47.9 Å². The molecule has 1 fully saturated rings. The van der Waals surface area contributed by atoms with E-state index in [1.54, 1.807) is 11.3 Å². The third kappa shape index (κ3) is 4.02. The molecule has 1 aromatic heterocycles. The summed E-state index contributed by atoms with van der Waals surface area (Å²) < 4.78 is 0. The van der Waals surface area contributed by atoms with Gasteiger partial charge >= 0.3 is 0 Å². The lowest BCUT2D eigenvalue weighted by Crippen LogP contribution is -2.38. The molecular formula is C19H21N3OS. The fourth-order valence-corrected chi connectivity index (χ4v) is 3.74. The van der Waals surface area contributed by atoms with Crippen LogP contribution in [0.15, 0.2) is 29.6 Å². The van der Waals surface area contributed by atoms with Gasteiger partial charge < -0.3 is 5.32 Å². The van der Waals surface area contributed by atoms with Gasteiger partial charge in [-0.1, -0.05) is 18.1 Å². The summed E-state index contributed by atoms with van der Waals surface area (Å²) in [4.78, 5) is 19.2. The summed E-state index contributed by atoms with van der Waals surface area (Å²) in [5, 5.41) is 6.06. The first-order chi connectivity index (χ1) is 11.7. The number of aryl methyl sites for hydroxylation is 1. The van der Waals surface area contributed by atoms with E-state index in [1.807, 2.05) is 36.6 Å². The van der Waals surface area contributed by atoms with Crippen molar-refractivity contribution >= 4 is 22.9 Å². The van der Waals surface area contributed by atoms with Crippen LogP contribution in [0.3, 0.4) is 0 Å². The number of carbonyl (C=O) groups excluding carboxylic acids is 1. The molecule has 1 amide bonds. The number of hydrogen-bond acceptors (Lipinski definition) is 4. The second-order valence-electron chi connectivity index (χ2n) is 6.12. The van der Waals surface area contributed by atoms with Crippen LogP contribution in [0.2, 0.25) is 0 Å². The van der Waals surface area contributed by atoms with E-state index in [1.165, 1.54) is 0 Å². The average Bonchev–Trinajstić information content (AvgIpc) is 3.03. The first-order valence-electron chi connectivity index (χ1n) is 8.15. The van der Waals surface area contributed by atoms with Crippen molar-refractivity contribution in [2.24, 2.45) is 5.92 Å². The number of likely N-dealkylation sites (tertiary alicyclic amines) is 1. The minimum atomic E-state index is 0.0600. The van der Waals surface area contributed by atoms with Gasteiger partial charge in [-0.05, 0) is 45.0 Å². The molecule has 124 valence electrons. The molecule has 2 heterocycles. The van der Waals surface area contributed by atoms with Crippen LogP contribution in [0.25, 0.3) is 10.6 Å². The SMILES string of the molecule is C#CCN1CCC(C(=O)Nc2cccc(-c3nc(C)cs3)c2)CC1. The van der Waals surface area contributed by atoms with Gasteiger partial charge in [-0.3, -0.25) is 9.69 Å². The highest BCUT2D eigenvalue weighted by Gasteiger charge is 2.24. The Labute approximate surface area is 146 Å². The number of nitrogens with one attached hydrogen (secondary N) is 1. The molecule has 0 atom stereocenters. The molecule has 1 aliphatic heterocycles. The highest BCUT2D eigenvalue weighted by molar-refractivity contribution is 7.13. The molecule has 24 heavy (non-hydrogen) atoms. The molecule has 0 saturated carbocycles. The number of nitrogens with zero attached hydrogens (tertiary/aromatic N) is 2. The third-order valence-electron chi connectivity index (χ3n) is 4.27. The molecule has 2 aromatic rings. The predicted octanol–water partition coefficient (Wildman–Crippen LogP) is 3.40. The van der Waals surface area contributed by atoms with Crippen molar-refractivity contribution < 1.29 is 4.79 Å². The maximum Gasteiger partial charge on any atom is 0.227 e. The fraction of sp³-hybridized carbons (Fsp3) is 0.368. The van der Waals surface area contributed by atoms with Crippen molar-refractivity contribution in [1.82, 2.24) is 9.88 Å². The van der Waals surface area contributed by atoms with E-state index in [2.05, 4.69) is 21.1 Å². The summed E-state index contributed by atoms with van der Waals surface area (Å²) in [6, 6.07) is 7.89. The molecule has 0 radical (unpaired) electrons. The molecular weight excluding hydrogens is 318 g/mol. The number of amides is 1. The number of anilines is 1. The molecule has 0 spiro atoms. The number of hydrogen-bond donors (Lipinski definition) is 1. The molecule has 0 bridgehead atoms. The van der Waals surface area contributed by atoms with Gasteiger partial charge in [0.2, 0.25) is 5.91 Å². The summed E-state index contributed by atoms with van der Waals surface area (Å²) in [6.45, 7) is 4.43. The monoisotopic (exact) mass is 339 g/mol. The fourth-order valence-electron chi connectivity index (χ4n) is 2.94. The van der Waals surface area contributed by atoms with E-state index in [9.17, 15) is 4.79 Å². The number of carbonyl (C=O) groups is 1. The zero-order valence-corrected chi connectivity index (χ0v) is 14.6. The molecule has 1 aromatic carbocycles. The number of benzene rings is 1. The van der Waals surface area contributed by atoms with Gasteiger partial charge in [0, 0.05) is 28.2 Å². The molecule has 0 unspecified atom stereocenters. The van der Waals surface area contributed by atoms with Gasteiger partial charge in [0.15, 0.2) is 0 Å². The van der Waals surface area contributed by atoms with Crippen molar-refractivity contribution in [3.8, 4) is 22.9 Å². The van der Waals surface area contributed by atoms with Crippen LogP contribution in [0.4, 0.5) is 5.69 Å². The second-order valence-corrected chi connectivity index (χ2v) is 6.98. The van der Waals surface area contributed by atoms with Crippen LogP contribution in [-0.4, -0.2) is 35.4 Å². The highest BCUT2D eigenvalue weighted by atomic mass is 32.1. The topological polar surface area (TPSA) is 45.2 Å². The number of terminal acetylenes is 1. The van der Waals surface area contributed by atoms with Crippen molar-refractivity contribution in [3.63, 3.8) is 0 Å². The van der Waals surface area contributed by atoms with Crippen LogP contribution in [-0.2, 0) is 4.79 Å². The van der Waals surface area contributed by atoms with E-state index in [0.29, 0.717) is 6.54 Å². The largest absolute Gasteiger partial charge is 0.326 e. The summed E-state index contributed by atoms with van der Waals surface area (Å²) in [7, 11) is 0. The zero-order valence-electron chi connectivity index (χ0n) is 13.8. The van der Waals surface area contributed by atoms with E-state index in [4.69, 9.17) is 6.42 Å². The van der Waals surface area contributed by atoms with Gasteiger partial charge in [0.25, 0.3) is 0 Å². The second kappa shape index (κ2) is 7.61. The molecule has 1 aliphatic rings. The van der Waals surface area contributed by atoms with Gasteiger partial charge in [0.05, 0.1) is 6.54 Å². The van der Waals surface area contributed by atoms with Crippen molar-refractivity contribution in [1.29, 1.82) is 0 Å². The summed E-state index contributed by atoms with van der Waals surface area (Å²) >= 11 is 1.62. The maximum absolute atomic E-state index is 12.5. The van der Waals surface area contributed by atoms with E-state index >= 15 is 0 Å². The summed E-state index contributed by atoms with van der Waals surface area (Å²) in [5.74, 6) is 2.83. The van der Waals surface area contributed by atoms with E-state index in [-0.39, 0.29) is 11.8 Å².